The number of hydrogen-bond acceptors (Lipinski definition) is 3. The molecule has 0 radical (unpaired) electrons. The van der Waals surface area contributed by atoms with E-state index in [2.05, 4.69) is 5.32 Å². The normalized spacial score (nSPS) is 11.5. The Morgan fingerprint density at radius 1 is 1.04 bits per heavy atom. The van der Waals surface area contributed by atoms with E-state index in [4.69, 9.17) is 0 Å². The SMILES string of the molecule is Cc1c(C(=O)Nc2ccccc2C(=O)NCC(F)(F)F)sc2cccc(F)c12. The van der Waals surface area contributed by atoms with Crippen LogP contribution < -0.4 is 10.6 Å². The van der Waals surface area contributed by atoms with Crippen molar-refractivity contribution in [3.05, 3.63) is 64.3 Å². The first-order chi connectivity index (χ1) is 13.2. The van der Waals surface area contributed by atoms with Crippen molar-refractivity contribution in [2.75, 3.05) is 11.9 Å². The second kappa shape index (κ2) is 7.59. The third-order valence-corrected chi connectivity index (χ3v) is 5.23. The number of halogens is 4. The molecule has 0 aliphatic carbocycles. The molecule has 0 bridgehead atoms. The van der Waals surface area contributed by atoms with Crippen LogP contribution in [0.2, 0.25) is 0 Å². The number of alkyl halides is 3. The van der Waals surface area contributed by atoms with Crippen LogP contribution in [0.15, 0.2) is 42.5 Å². The average Bonchev–Trinajstić information content (AvgIpc) is 2.97. The van der Waals surface area contributed by atoms with Crippen LogP contribution in [-0.2, 0) is 0 Å². The first-order valence-corrected chi connectivity index (χ1v) is 8.92. The van der Waals surface area contributed by atoms with Gasteiger partial charge in [-0.05, 0) is 36.8 Å². The number of benzene rings is 2. The molecule has 0 aliphatic rings. The standard InChI is InChI=1S/C19H14F4N2O2S/c1-10-15-12(20)6-4-8-14(15)28-16(10)18(27)25-13-7-3-2-5-11(13)17(26)24-9-19(21,22)23/h2-8H,9H2,1H3,(H,24,26)(H,25,27). The summed E-state index contributed by atoms with van der Waals surface area (Å²) in [6.07, 6.45) is -4.55. The van der Waals surface area contributed by atoms with Crippen LogP contribution in [0.3, 0.4) is 0 Å². The summed E-state index contributed by atoms with van der Waals surface area (Å²) >= 11 is 1.09. The predicted octanol–water partition coefficient (Wildman–Crippen LogP) is 4.89. The van der Waals surface area contributed by atoms with E-state index >= 15 is 0 Å². The molecule has 0 saturated heterocycles. The van der Waals surface area contributed by atoms with Gasteiger partial charge in [0.2, 0.25) is 0 Å². The molecule has 0 unspecified atom stereocenters. The van der Waals surface area contributed by atoms with Crippen molar-refractivity contribution in [2.45, 2.75) is 13.1 Å². The van der Waals surface area contributed by atoms with E-state index in [9.17, 15) is 27.2 Å². The lowest BCUT2D eigenvalue weighted by molar-refractivity contribution is -0.123. The van der Waals surface area contributed by atoms with Crippen molar-refractivity contribution in [2.24, 2.45) is 0 Å². The fourth-order valence-electron chi connectivity index (χ4n) is 2.71. The van der Waals surface area contributed by atoms with Crippen LogP contribution in [0, 0.1) is 12.7 Å². The van der Waals surface area contributed by atoms with E-state index in [1.165, 1.54) is 36.4 Å². The van der Waals surface area contributed by atoms with Crippen molar-refractivity contribution in [1.82, 2.24) is 5.32 Å². The van der Waals surface area contributed by atoms with Crippen LogP contribution in [-0.4, -0.2) is 24.5 Å². The maximum absolute atomic E-state index is 14.0. The third-order valence-electron chi connectivity index (χ3n) is 3.98. The Hall–Kier alpha value is -2.94. The number of para-hydroxylation sites is 1. The molecule has 0 fully saturated rings. The minimum atomic E-state index is -4.55. The average molecular weight is 410 g/mol. The largest absolute Gasteiger partial charge is 0.405 e. The number of carbonyl (C=O) groups excluding carboxylic acids is 2. The highest BCUT2D eigenvalue weighted by Crippen LogP contribution is 2.33. The van der Waals surface area contributed by atoms with E-state index in [1.54, 1.807) is 18.3 Å². The number of thiophene rings is 1. The molecule has 3 aromatic rings. The first-order valence-electron chi connectivity index (χ1n) is 8.10. The summed E-state index contributed by atoms with van der Waals surface area (Å²) in [5.41, 5.74) is 0.407. The lowest BCUT2D eigenvalue weighted by atomic mass is 10.1. The van der Waals surface area contributed by atoms with Gasteiger partial charge in [0.15, 0.2) is 0 Å². The zero-order chi connectivity index (χ0) is 20.5. The number of aryl methyl sites for hydroxylation is 1. The van der Waals surface area contributed by atoms with Gasteiger partial charge in [0.25, 0.3) is 11.8 Å². The Morgan fingerprint density at radius 2 is 1.75 bits per heavy atom. The molecule has 146 valence electrons. The van der Waals surface area contributed by atoms with Gasteiger partial charge in [0, 0.05) is 10.1 Å². The zero-order valence-electron chi connectivity index (χ0n) is 14.5. The zero-order valence-corrected chi connectivity index (χ0v) is 15.3. The molecule has 4 nitrogen and oxygen atoms in total. The molecule has 0 spiro atoms. The van der Waals surface area contributed by atoms with E-state index in [1.807, 2.05) is 0 Å². The highest BCUT2D eigenvalue weighted by molar-refractivity contribution is 7.21. The molecular formula is C19H14F4N2O2S. The number of nitrogens with one attached hydrogen (secondary N) is 2. The Balaban J connectivity index is 1.87. The molecule has 28 heavy (non-hydrogen) atoms. The summed E-state index contributed by atoms with van der Waals surface area (Å²) in [5, 5.41) is 4.65. The minimum absolute atomic E-state index is 0.0597. The first kappa shape index (κ1) is 19.8. The van der Waals surface area contributed by atoms with Gasteiger partial charge in [-0.25, -0.2) is 4.39 Å². The smallest absolute Gasteiger partial charge is 0.343 e. The van der Waals surface area contributed by atoms with Crippen molar-refractivity contribution < 1.29 is 27.2 Å². The second-order valence-electron chi connectivity index (χ2n) is 5.97. The lowest BCUT2D eigenvalue weighted by Gasteiger charge is -2.12. The van der Waals surface area contributed by atoms with Gasteiger partial charge in [-0.3, -0.25) is 9.59 Å². The quantitative estimate of drug-likeness (QED) is 0.602. The molecule has 0 atom stereocenters. The van der Waals surface area contributed by atoms with Crippen molar-refractivity contribution in [1.29, 1.82) is 0 Å². The molecule has 1 heterocycles. The lowest BCUT2D eigenvalue weighted by Crippen LogP contribution is -2.34. The highest BCUT2D eigenvalue weighted by atomic mass is 32.1. The van der Waals surface area contributed by atoms with Crippen molar-refractivity contribution in [3.63, 3.8) is 0 Å². The molecule has 0 aliphatic heterocycles. The Bertz CT molecular complexity index is 1060. The molecule has 0 saturated carbocycles. The maximum Gasteiger partial charge on any atom is 0.405 e. The van der Waals surface area contributed by atoms with Gasteiger partial charge >= 0.3 is 6.18 Å². The molecule has 1 aromatic heterocycles. The number of rotatable bonds is 4. The Morgan fingerprint density at radius 3 is 2.43 bits per heavy atom. The predicted molar refractivity (Wildman–Crippen MR) is 99.3 cm³/mol. The molecule has 2 N–H and O–H groups in total. The monoisotopic (exact) mass is 410 g/mol. The van der Waals surface area contributed by atoms with Gasteiger partial charge in [-0.2, -0.15) is 13.2 Å². The van der Waals surface area contributed by atoms with Gasteiger partial charge in [-0.1, -0.05) is 18.2 Å². The summed E-state index contributed by atoms with van der Waals surface area (Å²) in [4.78, 5) is 25.0. The van der Waals surface area contributed by atoms with E-state index in [0.717, 1.165) is 11.3 Å². The molecule has 9 heteroatoms. The summed E-state index contributed by atoms with van der Waals surface area (Å²) in [5.74, 6) is -1.99. The van der Waals surface area contributed by atoms with Crippen LogP contribution in [0.4, 0.5) is 23.2 Å². The van der Waals surface area contributed by atoms with E-state index < -0.39 is 30.4 Å². The number of anilines is 1. The second-order valence-corrected chi connectivity index (χ2v) is 7.02. The van der Waals surface area contributed by atoms with Gasteiger partial charge in [0.05, 0.1) is 16.1 Å². The third kappa shape index (κ3) is 4.14. The minimum Gasteiger partial charge on any atom is -0.343 e. The molecule has 2 aromatic carbocycles. The summed E-state index contributed by atoms with van der Waals surface area (Å²) in [6.45, 7) is 0.127. The van der Waals surface area contributed by atoms with Crippen LogP contribution in [0.1, 0.15) is 25.6 Å². The van der Waals surface area contributed by atoms with Crippen molar-refractivity contribution >= 4 is 38.9 Å². The van der Waals surface area contributed by atoms with Gasteiger partial charge < -0.3 is 10.6 Å². The van der Waals surface area contributed by atoms with Crippen LogP contribution in [0.25, 0.3) is 10.1 Å². The maximum atomic E-state index is 14.0. The van der Waals surface area contributed by atoms with Gasteiger partial charge in [0.1, 0.15) is 12.4 Å². The fraction of sp³-hybridized carbons (Fsp3) is 0.158. The Kier molecular flexibility index (Phi) is 5.37. The number of carbonyl (C=O) groups is 2. The number of amides is 2. The van der Waals surface area contributed by atoms with Crippen molar-refractivity contribution in [3.8, 4) is 0 Å². The highest BCUT2D eigenvalue weighted by Gasteiger charge is 2.28. The van der Waals surface area contributed by atoms with Crippen LogP contribution in [0.5, 0.6) is 0 Å². The summed E-state index contributed by atoms with van der Waals surface area (Å²) in [7, 11) is 0. The molecule has 2 amide bonds. The number of hydrogen-bond donors (Lipinski definition) is 2. The van der Waals surface area contributed by atoms with Gasteiger partial charge in [-0.15, -0.1) is 11.3 Å². The summed E-state index contributed by atoms with van der Waals surface area (Å²) < 4.78 is 51.6. The van der Waals surface area contributed by atoms with E-state index in [0.29, 0.717) is 15.6 Å². The molecular weight excluding hydrogens is 396 g/mol. The topological polar surface area (TPSA) is 58.2 Å². The Labute approximate surface area is 161 Å². The fourth-order valence-corrected chi connectivity index (χ4v) is 3.83. The van der Waals surface area contributed by atoms with E-state index in [-0.39, 0.29) is 16.1 Å². The number of fused-ring (bicyclic) bond motifs is 1. The molecule has 3 rings (SSSR count). The van der Waals surface area contributed by atoms with Crippen LogP contribution >= 0.6 is 11.3 Å². The summed E-state index contributed by atoms with van der Waals surface area (Å²) in [6, 6.07) is 10.2.